The Balaban J connectivity index is 2.38. The lowest BCUT2D eigenvalue weighted by molar-refractivity contribution is 0.315. The van der Waals surface area contributed by atoms with E-state index in [0.29, 0.717) is 0 Å². The van der Waals surface area contributed by atoms with Crippen LogP contribution in [0.3, 0.4) is 0 Å². The standard InChI is InChI=1S/C17H25N3O/c1-5-11-21-17-10-8-7-9-16(17)20-14(4)15(12-18-6-2)13(3)19-20/h7-10,18H,5-6,11-12H2,1-4H3. The highest BCUT2D eigenvalue weighted by Gasteiger charge is 2.15. The van der Waals surface area contributed by atoms with Crippen LogP contribution < -0.4 is 10.1 Å². The Kier molecular flexibility index (Phi) is 5.39. The quantitative estimate of drug-likeness (QED) is 0.848. The summed E-state index contributed by atoms with van der Waals surface area (Å²) in [7, 11) is 0. The Morgan fingerprint density at radius 1 is 1.19 bits per heavy atom. The number of hydrogen-bond acceptors (Lipinski definition) is 3. The van der Waals surface area contributed by atoms with Gasteiger partial charge in [0, 0.05) is 17.8 Å². The first kappa shape index (κ1) is 15.6. The molecule has 4 heteroatoms. The predicted octanol–water partition coefficient (Wildman–Crippen LogP) is 3.39. The highest BCUT2D eigenvalue weighted by Crippen LogP contribution is 2.26. The number of rotatable bonds is 7. The molecule has 0 saturated heterocycles. The maximum atomic E-state index is 5.85. The van der Waals surface area contributed by atoms with E-state index in [1.165, 1.54) is 11.3 Å². The molecule has 114 valence electrons. The molecule has 1 N–H and O–H groups in total. The van der Waals surface area contributed by atoms with E-state index in [0.717, 1.165) is 43.2 Å². The summed E-state index contributed by atoms with van der Waals surface area (Å²) in [4.78, 5) is 0. The van der Waals surface area contributed by atoms with Gasteiger partial charge in [0.05, 0.1) is 12.3 Å². The lowest BCUT2D eigenvalue weighted by Crippen LogP contribution is -2.13. The number of para-hydroxylation sites is 2. The van der Waals surface area contributed by atoms with Gasteiger partial charge in [-0.3, -0.25) is 0 Å². The second kappa shape index (κ2) is 7.27. The van der Waals surface area contributed by atoms with Crippen LogP contribution in [0.2, 0.25) is 0 Å². The molecule has 21 heavy (non-hydrogen) atoms. The Bertz CT molecular complexity index is 590. The van der Waals surface area contributed by atoms with Crippen molar-refractivity contribution in [2.24, 2.45) is 0 Å². The molecule has 0 aliphatic rings. The van der Waals surface area contributed by atoms with Gasteiger partial charge in [-0.1, -0.05) is 26.0 Å². The van der Waals surface area contributed by atoms with Gasteiger partial charge < -0.3 is 10.1 Å². The second-order valence-corrected chi connectivity index (χ2v) is 5.16. The Morgan fingerprint density at radius 3 is 2.67 bits per heavy atom. The van der Waals surface area contributed by atoms with Gasteiger partial charge in [-0.05, 0) is 38.9 Å². The topological polar surface area (TPSA) is 39.1 Å². The van der Waals surface area contributed by atoms with Crippen LogP contribution in [0.25, 0.3) is 5.69 Å². The second-order valence-electron chi connectivity index (χ2n) is 5.16. The maximum Gasteiger partial charge on any atom is 0.144 e. The van der Waals surface area contributed by atoms with Gasteiger partial charge in [0.15, 0.2) is 0 Å². The van der Waals surface area contributed by atoms with Crippen LogP contribution in [0.15, 0.2) is 24.3 Å². The number of aryl methyl sites for hydroxylation is 1. The highest BCUT2D eigenvalue weighted by atomic mass is 16.5. The van der Waals surface area contributed by atoms with Crippen LogP contribution in [-0.4, -0.2) is 22.9 Å². The fourth-order valence-electron chi connectivity index (χ4n) is 2.38. The van der Waals surface area contributed by atoms with Crippen LogP contribution in [-0.2, 0) is 6.54 Å². The van der Waals surface area contributed by atoms with Gasteiger partial charge in [-0.15, -0.1) is 0 Å². The summed E-state index contributed by atoms with van der Waals surface area (Å²) in [6.45, 7) is 10.9. The lowest BCUT2D eigenvalue weighted by atomic mass is 10.2. The molecule has 0 unspecified atom stereocenters. The van der Waals surface area contributed by atoms with Crippen molar-refractivity contribution in [1.29, 1.82) is 0 Å². The van der Waals surface area contributed by atoms with E-state index in [4.69, 9.17) is 9.84 Å². The molecule has 1 heterocycles. The summed E-state index contributed by atoms with van der Waals surface area (Å²) in [6, 6.07) is 8.08. The van der Waals surface area contributed by atoms with Crippen molar-refractivity contribution in [2.45, 2.75) is 40.7 Å². The van der Waals surface area contributed by atoms with Gasteiger partial charge in [0.1, 0.15) is 11.4 Å². The summed E-state index contributed by atoms with van der Waals surface area (Å²) in [6.07, 6.45) is 0.997. The Labute approximate surface area is 127 Å². The molecular weight excluding hydrogens is 262 g/mol. The molecule has 0 aliphatic heterocycles. The summed E-state index contributed by atoms with van der Waals surface area (Å²) >= 11 is 0. The van der Waals surface area contributed by atoms with Crippen molar-refractivity contribution in [3.8, 4) is 11.4 Å². The fourth-order valence-corrected chi connectivity index (χ4v) is 2.38. The van der Waals surface area contributed by atoms with Crippen LogP contribution in [0, 0.1) is 13.8 Å². The van der Waals surface area contributed by atoms with E-state index in [1.54, 1.807) is 0 Å². The summed E-state index contributed by atoms with van der Waals surface area (Å²) in [5, 5.41) is 8.07. The number of hydrogen-bond donors (Lipinski definition) is 1. The smallest absolute Gasteiger partial charge is 0.144 e. The molecule has 2 aromatic rings. The number of aromatic nitrogens is 2. The third kappa shape index (κ3) is 3.45. The van der Waals surface area contributed by atoms with Gasteiger partial charge in [0.25, 0.3) is 0 Å². The molecule has 0 fully saturated rings. The van der Waals surface area contributed by atoms with Crippen LogP contribution in [0.5, 0.6) is 5.75 Å². The Hall–Kier alpha value is -1.81. The molecule has 0 saturated carbocycles. The minimum Gasteiger partial charge on any atom is -0.491 e. The van der Waals surface area contributed by atoms with Crippen molar-refractivity contribution in [3.05, 3.63) is 41.2 Å². The number of benzene rings is 1. The zero-order valence-electron chi connectivity index (χ0n) is 13.4. The summed E-state index contributed by atoms with van der Waals surface area (Å²) in [5.41, 5.74) is 4.51. The number of nitrogens with zero attached hydrogens (tertiary/aromatic N) is 2. The first-order valence-corrected chi connectivity index (χ1v) is 7.67. The molecule has 0 amide bonds. The summed E-state index contributed by atoms with van der Waals surface area (Å²) in [5.74, 6) is 0.889. The molecule has 0 atom stereocenters. The summed E-state index contributed by atoms with van der Waals surface area (Å²) < 4.78 is 7.84. The van der Waals surface area contributed by atoms with E-state index >= 15 is 0 Å². The van der Waals surface area contributed by atoms with Crippen molar-refractivity contribution < 1.29 is 4.74 Å². The molecule has 2 rings (SSSR count). The molecule has 0 radical (unpaired) electrons. The third-order valence-electron chi connectivity index (χ3n) is 3.55. The lowest BCUT2D eigenvalue weighted by Gasteiger charge is -2.12. The van der Waals surface area contributed by atoms with E-state index in [-0.39, 0.29) is 0 Å². The first-order valence-electron chi connectivity index (χ1n) is 7.67. The molecule has 1 aromatic carbocycles. The van der Waals surface area contributed by atoms with E-state index in [1.807, 2.05) is 22.9 Å². The number of ether oxygens (including phenoxy) is 1. The fraction of sp³-hybridized carbons (Fsp3) is 0.471. The SMILES string of the molecule is CCCOc1ccccc1-n1nc(C)c(CNCC)c1C. The van der Waals surface area contributed by atoms with Gasteiger partial charge in [-0.2, -0.15) is 5.10 Å². The van der Waals surface area contributed by atoms with Crippen molar-refractivity contribution >= 4 is 0 Å². The molecule has 0 bridgehead atoms. The van der Waals surface area contributed by atoms with Crippen LogP contribution in [0.1, 0.15) is 37.2 Å². The Morgan fingerprint density at radius 2 is 1.95 bits per heavy atom. The van der Waals surface area contributed by atoms with Crippen LogP contribution >= 0.6 is 0 Å². The van der Waals surface area contributed by atoms with E-state index in [9.17, 15) is 0 Å². The maximum absolute atomic E-state index is 5.85. The average Bonchev–Trinajstić information content (AvgIpc) is 2.78. The van der Waals surface area contributed by atoms with Gasteiger partial charge in [-0.25, -0.2) is 4.68 Å². The number of nitrogens with one attached hydrogen (secondary N) is 1. The normalized spacial score (nSPS) is 10.9. The zero-order chi connectivity index (χ0) is 15.2. The van der Waals surface area contributed by atoms with Crippen molar-refractivity contribution in [2.75, 3.05) is 13.2 Å². The van der Waals surface area contributed by atoms with Crippen molar-refractivity contribution in [3.63, 3.8) is 0 Å². The highest BCUT2D eigenvalue weighted by molar-refractivity contribution is 5.48. The monoisotopic (exact) mass is 287 g/mol. The van der Waals surface area contributed by atoms with Crippen molar-refractivity contribution in [1.82, 2.24) is 15.1 Å². The minimum atomic E-state index is 0.723. The minimum absolute atomic E-state index is 0.723. The van der Waals surface area contributed by atoms with Gasteiger partial charge >= 0.3 is 0 Å². The first-order chi connectivity index (χ1) is 10.2. The third-order valence-corrected chi connectivity index (χ3v) is 3.55. The molecule has 0 aliphatic carbocycles. The van der Waals surface area contributed by atoms with E-state index < -0.39 is 0 Å². The largest absolute Gasteiger partial charge is 0.491 e. The molecule has 4 nitrogen and oxygen atoms in total. The van der Waals surface area contributed by atoms with E-state index in [2.05, 4.69) is 39.1 Å². The zero-order valence-corrected chi connectivity index (χ0v) is 13.4. The molecule has 0 spiro atoms. The predicted molar refractivity (Wildman–Crippen MR) is 86.2 cm³/mol. The molecule has 1 aromatic heterocycles. The molecular formula is C17H25N3O. The van der Waals surface area contributed by atoms with Crippen LogP contribution in [0.4, 0.5) is 0 Å². The average molecular weight is 287 g/mol. The van der Waals surface area contributed by atoms with Gasteiger partial charge in [0.2, 0.25) is 0 Å².